The monoisotopic (exact) mass is 345 g/mol. The lowest BCUT2D eigenvalue weighted by Gasteiger charge is -2.32. The van der Waals surface area contributed by atoms with Crippen molar-refractivity contribution in [2.24, 2.45) is 0 Å². The predicted octanol–water partition coefficient (Wildman–Crippen LogP) is 3.75. The van der Waals surface area contributed by atoms with Crippen LogP contribution in [0.15, 0.2) is 29.7 Å². The summed E-state index contributed by atoms with van der Waals surface area (Å²) in [7, 11) is 0. The molecular formula is C18H27N5S. The minimum atomic E-state index is 0.401. The maximum absolute atomic E-state index is 4.57. The third-order valence-corrected chi connectivity index (χ3v) is 5.31. The van der Waals surface area contributed by atoms with Gasteiger partial charge in [0, 0.05) is 37.4 Å². The Balaban J connectivity index is 1.75. The van der Waals surface area contributed by atoms with E-state index in [9.17, 15) is 0 Å². The molecule has 6 heteroatoms. The van der Waals surface area contributed by atoms with Gasteiger partial charge in [0.2, 0.25) is 0 Å². The largest absolute Gasteiger partial charge is 0.303 e. The average molecular weight is 346 g/mol. The van der Waals surface area contributed by atoms with E-state index in [1.54, 1.807) is 11.8 Å². The van der Waals surface area contributed by atoms with Gasteiger partial charge in [0.05, 0.1) is 0 Å². The highest BCUT2D eigenvalue weighted by Crippen LogP contribution is 2.31. The molecule has 1 fully saturated rings. The first-order valence-electron chi connectivity index (χ1n) is 8.88. The molecule has 1 aliphatic rings. The van der Waals surface area contributed by atoms with Crippen LogP contribution in [0, 0.1) is 0 Å². The maximum Gasteiger partial charge on any atom is 0.191 e. The molecule has 1 aliphatic heterocycles. The molecule has 0 bridgehead atoms. The molecule has 130 valence electrons. The highest BCUT2D eigenvalue weighted by atomic mass is 32.2. The Morgan fingerprint density at radius 3 is 2.92 bits per heavy atom. The van der Waals surface area contributed by atoms with Gasteiger partial charge in [-0.3, -0.25) is 9.88 Å². The lowest BCUT2D eigenvalue weighted by Crippen LogP contribution is -2.35. The molecule has 0 radical (unpaired) electrons. The topological polar surface area (TPSA) is 46.8 Å². The van der Waals surface area contributed by atoms with Gasteiger partial charge in [-0.05, 0) is 50.6 Å². The number of rotatable bonds is 6. The lowest BCUT2D eigenvalue weighted by molar-refractivity contribution is 0.193. The Kier molecular flexibility index (Phi) is 5.89. The molecule has 2 aromatic heterocycles. The van der Waals surface area contributed by atoms with Crippen LogP contribution in [0.1, 0.15) is 57.0 Å². The molecule has 0 N–H and O–H groups in total. The van der Waals surface area contributed by atoms with Crippen molar-refractivity contribution in [2.45, 2.75) is 57.3 Å². The summed E-state index contributed by atoms with van der Waals surface area (Å²) < 4.78 is 2.34. The Morgan fingerprint density at radius 2 is 2.21 bits per heavy atom. The molecular weight excluding hydrogens is 318 g/mol. The van der Waals surface area contributed by atoms with E-state index in [0.29, 0.717) is 12.0 Å². The van der Waals surface area contributed by atoms with Gasteiger partial charge in [-0.25, -0.2) is 0 Å². The zero-order valence-corrected chi connectivity index (χ0v) is 15.7. The van der Waals surface area contributed by atoms with Crippen LogP contribution >= 0.6 is 11.8 Å². The van der Waals surface area contributed by atoms with E-state index in [-0.39, 0.29) is 0 Å². The smallest absolute Gasteiger partial charge is 0.191 e. The van der Waals surface area contributed by atoms with Crippen molar-refractivity contribution in [3.63, 3.8) is 0 Å². The van der Waals surface area contributed by atoms with Crippen LogP contribution in [0.4, 0.5) is 0 Å². The lowest BCUT2D eigenvalue weighted by atomic mass is 9.96. The Hall–Kier alpha value is -1.40. The maximum atomic E-state index is 4.57. The van der Waals surface area contributed by atoms with Crippen LogP contribution in [0.5, 0.6) is 0 Å². The van der Waals surface area contributed by atoms with Gasteiger partial charge in [-0.15, -0.1) is 10.2 Å². The molecule has 24 heavy (non-hydrogen) atoms. The number of hydrogen-bond acceptors (Lipinski definition) is 5. The molecule has 5 nitrogen and oxygen atoms in total. The van der Waals surface area contributed by atoms with E-state index in [1.807, 2.05) is 18.5 Å². The first-order chi connectivity index (χ1) is 11.7. The Bertz CT molecular complexity index is 640. The second-order valence-electron chi connectivity index (χ2n) is 6.67. The summed E-state index contributed by atoms with van der Waals surface area (Å²) in [5.74, 6) is 2.66. The molecule has 0 aliphatic carbocycles. The van der Waals surface area contributed by atoms with Crippen molar-refractivity contribution >= 4 is 11.8 Å². The van der Waals surface area contributed by atoms with Crippen molar-refractivity contribution in [3.05, 3.63) is 35.9 Å². The summed E-state index contributed by atoms with van der Waals surface area (Å²) in [4.78, 5) is 6.76. The third kappa shape index (κ3) is 3.98. The number of hydrogen-bond donors (Lipinski definition) is 0. The van der Waals surface area contributed by atoms with E-state index in [1.165, 1.54) is 18.4 Å². The number of likely N-dealkylation sites (tertiary alicyclic amines) is 1. The molecule has 3 rings (SSSR count). The van der Waals surface area contributed by atoms with Crippen LogP contribution in [0.25, 0.3) is 0 Å². The van der Waals surface area contributed by atoms with Gasteiger partial charge in [0.1, 0.15) is 5.82 Å². The van der Waals surface area contributed by atoms with Crippen LogP contribution in [-0.4, -0.2) is 43.5 Å². The predicted molar refractivity (Wildman–Crippen MR) is 98.3 cm³/mol. The normalized spacial score (nSPS) is 19.1. The molecule has 1 saturated heterocycles. The molecule has 0 spiro atoms. The van der Waals surface area contributed by atoms with E-state index < -0.39 is 0 Å². The summed E-state index contributed by atoms with van der Waals surface area (Å²) >= 11 is 1.79. The molecule has 0 unspecified atom stereocenters. The van der Waals surface area contributed by atoms with Gasteiger partial charge in [0.15, 0.2) is 5.16 Å². The quantitative estimate of drug-likeness (QED) is 0.746. The van der Waals surface area contributed by atoms with Crippen molar-refractivity contribution < 1.29 is 0 Å². The molecule has 3 heterocycles. The highest BCUT2D eigenvalue weighted by Gasteiger charge is 2.27. The Morgan fingerprint density at radius 1 is 1.33 bits per heavy atom. The van der Waals surface area contributed by atoms with Crippen molar-refractivity contribution in [3.8, 4) is 0 Å². The fourth-order valence-electron chi connectivity index (χ4n) is 3.44. The minimum Gasteiger partial charge on any atom is -0.303 e. The fraction of sp³-hybridized carbons (Fsp3) is 0.611. The molecule has 1 atom stereocenters. The Labute approximate surface area is 148 Å². The van der Waals surface area contributed by atoms with Gasteiger partial charge < -0.3 is 4.57 Å². The van der Waals surface area contributed by atoms with Gasteiger partial charge in [-0.1, -0.05) is 24.8 Å². The van der Waals surface area contributed by atoms with Crippen molar-refractivity contribution in [1.82, 2.24) is 24.6 Å². The molecule has 0 saturated carbocycles. The zero-order chi connectivity index (χ0) is 16.9. The molecule has 0 aromatic carbocycles. The highest BCUT2D eigenvalue weighted by molar-refractivity contribution is 7.99. The zero-order valence-electron chi connectivity index (χ0n) is 14.9. The van der Waals surface area contributed by atoms with Gasteiger partial charge in [-0.2, -0.15) is 0 Å². The summed E-state index contributed by atoms with van der Waals surface area (Å²) in [6.45, 7) is 9.79. The van der Waals surface area contributed by atoms with E-state index >= 15 is 0 Å². The number of pyridine rings is 1. The standard InChI is InChI=1S/C18H27N5S/c1-4-24-18-21-20-17(23(18)14(2)3)16-8-6-10-22(13-16)12-15-7-5-9-19-11-15/h5,7,9,11,14,16H,4,6,8,10,12-13H2,1-3H3/t16-/m1/s1. The van der Waals surface area contributed by atoms with E-state index in [2.05, 4.69) is 51.5 Å². The number of aromatic nitrogens is 4. The van der Waals surface area contributed by atoms with E-state index in [0.717, 1.165) is 36.4 Å². The van der Waals surface area contributed by atoms with Crippen LogP contribution in [0.3, 0.4) is 0 Å². The molecule has 0 amide bonds. The first kappa shape index (κ1) is 17.4. The number of nitrogens with zero attached hydrogens (tertiary/aromatic N) is 5. The third-order valence-electron chi connectivity index (χ3n) is 4.48. The number of thioether (sulfide) groups is 1. The second-order valence-corrected chi connectivity index (χ2v) is 7.90. The molecule has 2 aromatic rings. The van der Waals surface area contributed by atoms with Crippen molar-refractivity contribution in [2.75, 3.05) is 18.8 Å². The number of piperidine rings is 1. The van der Waals surface area contributed by atoms with Crippen LogP contribution < -0.4 is 0 Å². The fourth-order valence-corrected chi connectivity index (χ4v) is 4.24. The SMILES string of the molecule is CCSc1nnc([C@@H]2CCCN(Cc3cccnc3)C2)n1C(C)C. The first-order valence-corrected chi connectivity index (χ1v) is 9.86. The van der Waals surface area contributed by atoms with Gasteiger partial charge >= 0.3 is 0 Å². The average Bonchev–Trinajstić information content (AvgIpc) is 3.00. The van der Waals surface area contributed by atoms with Crippen LogP contribution in [-0.2, 0) is 6.54 Å². The summed E-state index contributed by atoms with van der Waals surface area (Å²) in [5, 5.41) is 10.1. The van der Waals surface area contributed by atoms with E-state index in [4.69, 9.17) is 0 Å². The minimum absolute atomic E-state index is 0.401. The summed E-state index contributed by atoms with van der Waals surface area (Å²) in [6, 6.07) is 4.57. The summed E-state index contributed by atoms with van der Waals surface area (Å²) in [6.07, 6.45) is 6.22. The second kappa shape index (κ2) is 8.12. The van der Waals surface area contributed by atoms with Crippen LogP contribution in [0.2, 0.25) is 0 Å². The summed E-state index contributed by atoms with van der Waals surface area (Å²) in [5.41, 5.74) is 1.28. The van der Waals surface area contributed by atoms with Crippen molar-refractivity contribution in [1.29, 1.82) is 0 Å². The van der Waals surface area contributed by atoms with Gasteiger partial charge in [0.25, 0.3) is 0 Å².